The van der Waals surface area contributed by atoms with Crippen molar-refractivity contribution in [1.29, 1.82) is 5.26 Å². The van der Waals surface area contributed by atoms with Gasteiger partial charge < -0.3 is 5.11 Å². The molecule has 2 nitrogen and oxygen atoms in total. The summed E-state index contributed by atoms with van der Waals surface area (Å²) in [6, 6.07) is 7.49. The normalized spacial score (nSPS) is 15.9. The maximum absolute atomic E-state index is 12.1. The summed E-state index contributed by atoms with van der Waals surface area (Å²) in [5.74, 6) is 0. The maximum Gasteiger partial charge on any atom is 0.119 e. The molecule has 12 heavy (non-hydrogen) atoms. The summed E-state index contributed by atoms with van der Waals surface area (Å²) < 4.78 is 19.3. The maximum atomic E-state index is 12.1. The molecule has 0 aliphatic heterocycles. The number of benzene rings is 1. The van der Waals surface area contributed by atoms with Crippen molar-refractivity contribution in [2.24, 2.45) is 0 Å². The molecule has 0 spiro atoms. The number of rotatable bonds is 2. The van der Waals surface area contributed by atoms with Crippen molar-refractivity contribution in [2.45, 2.75) is 6.08 Å². The summed E-state index contributed by atoms with van der Waals surface area (Å²) in [5.41, 5.74) is 0.562. The minimum Gasteiger partial charge on any atom is -0.386 e. The van der Waals surface area contributed by atoms with Crippen LogP contribution in [0.2, 0.25) is 0 Å². The van der Waals surface area contributed by atoms with Crippen LogP contribution in [-0.2, 0) is 0 Å². The molecule has 0 bridgehead atoms. The van der Waals surface area contributed by atoms with E-state index in [0.717, 1.165) is 0 Å². The highest BCUT2D eigenvalue weighted by Gasteiger charge is 2.05. The molecule has 62 valence electrons. The van der Waals surface area contributed by atoms with Gasteiger partial charge in [-0.25, -0.2) is 4.39 Å². The second-order valence-electron chi connectivity index (χ2n) is 2.27. The molecule has 1 N–H and O–H groups in total. The van der Waals surface area contributed by atoms with E-state index in [1.165, 1.54) is 24.3 Å². The summed E-state index contributed by atoms with van der Waals surface area (Å²) in [5, 5.41) is 17.6. The first-order valence-corrected chi connectivity index (χ1v) is 3.39. The van der Waals surface area contributed by atoms with Crippen LogP contribution in [0.4, 0.5) is 4.39 Å². The van der Waals surface area contributed by atoms with Crippen LogP contribution in [0, 0.1) is 11.3 Å². The average molecular weight is 166 g/mol. The lowest BCUT2D eigenvalue weighted by Gasteiger charge is -2.04. The van der Waals surface area contributed by atoms with Crippen LogP contribution >= 0.6 is 0 Å². The number of hydrogen-bond acceptors (Lipinski definition) is 2. The van der Waals surface area contributed by atoms with Gasteiger partial charge in [-0.05, 0) is 17.7 Å². The molecule has 0 aliphatic rings. The van der Waals surface area contributed by atoms with Crippen molar-refractivity contribution in [2.75, 3.05) is 6.67 Å². The van der Waals surface area contributed by atoms with Crippen LogP contribution in [0.5, 0.6) is 0 Å². The lowest BCUT2D eigenvalue weighted by atomic mass is 10.1. The van der Waals surface area contributed by atoms with Gasteiger partial charge >= 0.3 is 0 Å². The number of nitriles is 1. The summed E-state index contributed by atoms with van der Waals surface area (Å²) in [6.07, 6.45) is -2.20. The highest BCUT2D eigenvalue weighted by molar-refractivity contribution is 5.32. The van der Waals surface area contributed by atoms with Crippen LogP contribution < -0.4 is 0 Å². The van der Waals surface area contributed by atoms with Crippen molar-refractivity contribution in [3.8, 4) is 6.07 Å². The van der Waals surface area contributed by atoms with Crippen molar-refractivity contribution in [3.63, 3.8) is 0 Å². The van der Waals surface area contributed by atoms with E-state index in [2.05, 4.69) is 0 Å². The largest absolute Gasteiger partial charge is 0.386 e. The van der Waals surface area contributed by atoms with Gasteiger partial charge in [-0.15, -0.1) is 0 Å². The van der Waals surface area contributed by atoms with E-state index in [-0.39, 0.29) is 5.56 Å². The Hall–Kier alpha value is -1.40. The average Bonchev–Trinajstić information content (AvgIpc) is 2.18. The van der Waals surface area contributed by atoms with Crippen molar-refractivity contribution in [3.05, 3.63) is 35.4 Å². The van der Waals surface area contributed by atoms with E-state index in [0.29, 0.717) is 5.56 Å². The zero-order valence-corrected chi connectivity index (χ0v) is 6.29. The Bertz CT molecular complexity index is 328. The Kier molecular flexibility index (Phi) is 2.32. The lowest BCUT2D eigenvalue weighted by Crippen LogP contribution is -1.98. The first-order chi connectivity index (χ1) is 6.10. The minimum atomic E-state index is -2.20. The Morgan fingerprint density at radius 1 is 1.58 bits per heavy atom. The third-order valence-corrected chi connectivity index (χ3v) is 1.47. The number of aliphatic hydroxyl groups is 1. The molecular weight excluding hydrogens is 157 g/mol. The van der Waals surface area contributed by atoms with Crippen LogP contribution in [0.1, 0.15) is 18.6 Å². The molecule has 1 atom stereocenters. The molecule has 0 saturated heterocycles. The molecule has 1 rings (SSSR count). The van der Waals surface area contributed by atoms with Crippen molar-refractivity contribution >= 4 is 0 Å². The zero-order chi connectivity index (χ0) is 9.90. The van der Waals surface area contributed by atoms with Gasteiger partial charge in [0.2, 0.25) is 0 Å². The number of alkyl halides is 1. The van der Waals surface area contributed by atoms with Gasteiger partial charge in [0.25, 0.3) is 0 Å². The fourth-order valence-corrected chi connectivity index (χ4v) is 0.814. The topological polar surface area (TPSA) is 44.0 Å². The Morgan fingerprint density at radius 3 is 2.58 bits per heavy atom. The van der Waals surface area contributed by atoms with Crippen LogP contribution in [0.3, 0.4) is 0 Å². The third kappa shape index (κ3) is 1.80. The van der Waals surface area contributed by atoms with Gasteiger partial charge in [0, 0.05) is 0 Å². The monoisotopic (exact) mass is 166 g/mol. The quantitative estimate of drug-likeness (QED) is 0.724. The molecule has 1 aromatic carbocycles. The molecule has 1 aromatic rings. The predicted octanol–water partition coefficient (Wildman–Crippen LogP) is 1.56. The van der Waals surface area contributed by atoms with Gasteiger partial charge in [-0.3, -0.25) is 0 Å². The molecule has 0 aliphatic carbocycles. The number of halogens is 1. The van der Waals surface area contributed by atoms with E-state index in [1.807, 2.05) is 6.07 Å². The second kappa shape index (κ2) is 3.84. The molecule has 0 fully saturated rings. The molecule has 0 amide bonds. The summed E-state index contributed by atoms with van der Waals surface area (Å²) >= 11 is 0. The number of hydrogen-bond donors (Lipinski definition) is 1. The molecule has 0 radical (unpaired) electrons. The fraction of sp³-hybridized carbons (Fsp3) is 0.222. The van der Waals surface area contributed by atoms with Crippen molar-refractivity contribution in [1.82, 2.24) is 0 Å². The second-order valence-corrected chi connectivity index (χ2v) is 2.27. The zero-order valence-electron chi connectivity index (χ0n) is 7.29. The minimum absolute atomic E-state index is 0.147. The smallest absolute Gasteiger partial charge is 0.119 e. The Balaban J connectivity index is 3.00. The fourth-order valence-electron chi connectivity index (χ4n) is 0.814. The van der Waals surface area contributed by atoms with Gasteiger partial charge in [0.05, 0.1) is 13.0 Å². The summed E-state index contributed by atoms with van der Waals surface area (Å²) in [7, 11) is 0. The molecule has 0 aromatic heterocycles. The predicted molar refractivity (Wildman–Crippen MR) is 42.1 cm³/mol. The molecule has 1 unspecified atom stereocenters. The lowest BCUT2D eigenvalue weighted by molar-refractivity contribution is 0.142. The van der Waals surface area contributed by atoms with Crippen LogP contribution in [-0.4, -0.2) is 11.8 Å². The van der Waals surface area contributed by atoms with E-state index in [4.69, 9.17) is 11.7 Å². The molecular formula is C9H8FNO. The third-order valence-electron chi connectivity index (χ3n) is 1.47. The molecule has 0 heterocycles. The summed E-state index contributed by atoms with van der Waals surface area (Å²) in [6.45, 7) is -1.17. The Labute approximate surface area is 71.3 Å². The van der Waals surface area contributed by atoms with Gasteiger partial charge in [0.15, 0.2) is 0 Å². The van der Waals surface area contributed by atoms with E-state index >= 15 is 0 Å². The van der Waals surface area contributed by atoms with E-state index in [1.54, 1.807) is 0 Å². The van der Waals surface area contributed by atoms with Crippen LogP contribution in [0.15, 0.2) is 24.3 Å². The standard InChI is InChI=1S/C9H8FNO/c10-5-9(12)8-3-1-7(6-11)2-4-8/h1-4,9,12H,5H2/i9D. The van der Waals surface area contributed by atoms with E-state index < -0.39 is 12.8 Å². The van der Waals surface area contributed by atoms with Gasteiger partial charge in [-0.1, -0.05) is 12.1 Å². The summed E-state index contributed by atoms with van der Waals surface area (Å²) in [4.78, 5) is 0. The van der Waals surface area contributed by atoms with Crippen LogP contribution in [0.25, 0.3) is 0 Å². The highest BCUT2D eigenvalue weighted by Crippen LogP contribution is 2.13. The highest BCUT2D eigenvalue weighted by atomic mass is 19.1. The molecule has 0 saturated carbocycles. The van der Waals surface area contributed by atoms with Gasteiger partial charge in [-0.2, -0.15) is 5.26 Å². The number of nitrogens with zero attached hydrogens (tertiary/aromatic N) is 1. The molecule has 3 heteroatoms. The Morgan fingerprint density at radius 2 is 2.17 bits per heavy atom. The first kappa shape index (κ1) is 7.26. The first-order valence-electron chi connectivity index (χ1n) is 3.89. The van der Waals surface area contributed by atoms with Gasteiger partial charge in [0.1, 0.15) is 12.8 Å². The van der Waals surface area contributed by atoms with Crippen molar-refractivity contribution < 1.29 is 10.9 Å². The SMILES string of the molecule is [2H]C(O)(CF)c1ccc(C#N)cc1. The van der Waals surface area contributed by atoms with E-state index in [9.17, 15) is 4.39 Å².